The SMILES string of the molecule is CCCC[C@@H]([C@H](CC(C)=O)c1ccccc1)[N+](=O)[O-]. The average Bonchev–Trinajstić information content (AvgIpc) is 2.38. The van der Waals surface area contributed by atoms with Crippen LogP contribution in [0.3, 0.4) is 0 Å². The smallest absolute Gasteiger partial charge is 0.220 e. The Bertz CT molecular complexity index is 417. The molecule has 0 unspecified atom stereocenters. The van der Waals surface area contributed by atoms with E-state index in [9.17, 15) is 14.9 Å². The predicted molar refractivity (Wildman–Crippen MR) is 74.8 cm³/mol. The van der Waals surface area contributed by atoms with Crippen molar-refractivity contribution in [3.63, 3.8) is 0 Å². The first-order chi connectivity index (χ1) is 9.06. The second-order valence-electron chi connectivity index (χ2n) is 4.92. The number of carbonyl (C=O) groups is 1. The van der Waals surface area contributed by atoms with E-state index in [4.69, 9.17) is 0 Å². The molecule has 0 heterocycles. The van der Waals surface area contributed by atoms with Crippen molar-refractivity contribution in [2.75, 3.05) is 0 Å². The average molecular weight is 263 g/mol. The number of nitrogens with zero attached hydrogens (tertiary/aromatic N) is 1. The third-order valence-corrected chi connectivity index (χ3v) is 3.32. The Morgan fingerprint density at radius 1 is 1.32 bits per heavy atom. The molecule has 104 valence electrons. The van der Waals surface area contributed by atoms with E-state index in [-0.39, 0.29) is 23.0 Å². The molecule has 1 rings (SSSR count). The molecule has 0 fully saturated rings. The third-order valence-electron chi connectivity index (χ3n) is 3.32. The molecule has 0 aliphatic carbocycles. The van der Waals surface area contributed by atoms with Gasteiger partial charge in [-0.3, -0.25) is 10.1 Å². The van der Waals surface area contributed by atoms with Crippen LogP contribution in [0.4, 0.5) is 0 Å². The highest BCUT2D eigenvalue weighted by Crippen LogP contribution is 2.28. The van der Waals surface area contributed by atoms with Crippen LogP contribution >= 0.6 is 0 Å². The van der Waals surface area contributed by atoms with Gasteiger partial charge in [-0.2, -0.15) is 0 Å². The maximum Gasteiger partial charge on any atom is 0.220 e. The fraction of sp³-hybridized carbons (Fsp3) is 0.533. The molecular formula is C15H21NO3. The highest BCUT2D eigenvalue weighted by molar-refractivity contribution is 5.76. The van der Waals surface area contributed by atoms with Crippen molar-refractivity contribution in [1.82, 2.24) is 0 Å². The van der Waals surface area contributed by atoms with Crippen LogP contribution in [0.2, 0.25) is 0 Å². The molecule has 0 spiro atoms. The van der Waals surface area contributed by atoms with Crippen LogP contribution in [0.5, 0.6) is 0 Å². The molecule has 0 aliphatic heterocycles. The minimum Gasteiger partial charge on any atom is -0.300 e. The van der Waals surface area contributed by atoms with Crippen LogP contribution in [0.25, 0.3) is 0 Å². The molecule has 0 N–H and O–H groups in total. The molecule has 1 aromatic carbocycles. The zero-order valence-corrected chi connectivity index (χ0v) is 11.5. The minimum atomic E-state index is -0.675. The van der Waals surface area contributed by atoms with Crippen molar-refractivity contribution in [3.8, 4) is 0 Å². The molecule has 0 amide bonds. The minimum absolute atomic E-state index is 0.00259. The van der Waals surface area contributed by atoms with Gasteiger partial charge in [-0.25, -0.2) is 0 Å². The largest absolute Gasteiger partial charge is 0.300 e. The van der Waals surface area contributed by atoms with Gasteiger partial charge in [0.05, 0.1) is 5.92 Å². The highest BCUT2D eigenvalue weighted by Gasteiger charge is 2.32. The van der Waals surface area contributed by atoms with E-state index in [0.717, 1.165) is 18.4 Å². The summed E-state index contributed by atoms with van der Waals surface area (Å²) in [4.78, 5) is 22.5. The second kappa shape index (κ2) is 7.67. The van der Waals surface area contributed by atoms with E-state index in [0.29, 0.717) is 6.42 Å². The first-order valence-corrected chi connectivity index (χ1v) is 6.74. The number of hydrogen-bond acceptors (Lipinski definition) is 3. The summed E-state index contributed by atoms with van der Waals surface area (Å²) < 4.78 is 0. The number of hydrogen-bond donors (Lipinski definition) is 0. The molecule has 19 heavy (non-hydrogen) atoms. The number of nitro groups is 1. The summed E-state index contributed by atoms with van der Waals surface area (Å²) in [6.07, 6.45) is 2.49. The number of ketones is 1. The normalized spacial score (nSPS) is 13.8. The quantitative estimate of drug-likeness (QED) is 0.532. The van der Waals surface area contributed by atoms with E-state index in [1.165, 1.54) is 6.92 Å². The van der Waals surface area contributed by atoms with E-state index >= 15 is 0 Å². The zero-order valence-electron chi connectivity index (χ0n) is 11.5. The Morgan fingerprint density at radius 2 is 1.95 bits per heavy atom. The van der Waals surface area contributed by atoms with Gasteiger partial charge in [0, 0.05) is 17.8 Å². The van der Waals surface area contributed by atoms with Crippen LogP contribution in [0.1, 0.15) is 51.0 Å². The molecule has 0 bridgehead atoms. The summed E-state index contributed by atoms with van der Waals surface area (Å²) >= 11 is 0. The fourth-order valence-electron chi connectivity index (χ4n) is 2.35. The molecule has 0 aromatic heterocycles. The molecule has 0 saturated heterocycles. The van der Waals surface area contributed by atoms with Gasteiger partial charge in [-0.1, -0.05) is 43.7 Å². The van der Waals surface area contributed by atoms with E-state index in [2.05, 4.69) is 0 Å². The Labute approximate surface area is 114 Å². The number of Topliss-reactive ketones (excluding diaryl/α,β-unsaturated/α-hetero) is 1. The first-order valence-electron chi connectivity index (χ1n) is 6.74. The molecular weight excluding hydrogens is 242 g/mol. The van der Waals surface area contributed by atoms with Crippen LogP contribution in [-0.2, 0) is 4.79 Å². The lowest BCUT2D eigenvalue weighted by Crippen LogP contribution is -2.29. The first kappa shape index (κ1) is 15.3. The summed E-state index contributed by atoms with van der Waals surface area (Å²) in [7, 11) is 0. The summed E-state index contributed by atoms with van der Waals surface area (Å²) in [6.45, 7) is 3.51. The summed E-state index contributed by atoms with van der Waals surface area (Å²) in [6, 6.07) is 8.66. The number of unbranched alkanes of at least 4 members (excludes halogenated alkanes) is 1. The predicted octanol–water partition coefficient (Wildman–Crippen LogP) is 3.58. The molecule has 4 nitrogen and oxygen atoms in total. The molecule has 4 heteroatoms. The van der Waals surface area contributed by atoms with Gasteiger partial charge < -0.3 is 4.79 Å². The Balaban J connectivity index is 2.99. The lowest BCUT2D eigenvalue weighted by atomic mass is 9.85. The Morgan fingerprint density at radius 3 is 2.42 bits per heavy atom. The summed E-state index contributed by atoms with van der Waals surface area (Å²) in [5, 5.41) is 11.3. The molecule has 0 radical (unpaired) electrons. The van der Waals surface area contributed by atoms with Gasteiger partial charge in [-0.15, -0.1) is 0 Å². The van der Waals surface area contributed by atoms with E-state index in [1.54, 1.807) is 0 Å². The van der Waals surface area contributed by atoms with Crippen molar-refractivity contribution < 1.29 is 9.72 Å². The van der Waals surface area contributed by atoms with Crippen molar-refractivity contribution in [1.29, 1.82) is 0 Å². The number of rotatable bonds is 8. The standard InChI is InChI=1S/C15H21NO3/c1-3-4-10-15(16(18)19)14(11-12(2)17)13-8-6-5-7-9-13/h5-9,14-15H,3-4,10-11H2,1-2H3/t14-,15+/m1/s1. The maximum absolute atomic E-state index is 11.4. The van der Waals surface area contributed by atoms with Crippen LogP contribution in [0.15, 0.2) is 30.3 Å². The lowest BCUT2D eigenvalue weighted by molar-refractivity contribution is -0.527. The third kappa shape index (κ3) is 4.81. The van der Waals surface area contributed by atoms with Crippen LogP contribution in [-0.4, -0.2) is 16.7 Å². The lowest BCUT2D eigenvalue weighted by Gasteiger charge is -2.20. The molecule has 0 aliphatic rings. The summed E-state index contributed by atoms with van der Waals surface area (Å²) in [5.41, 5.74) is 0.885. The van der Waals surface area contributed by atoms with Gasteiger partial charge in [-0.05, 0) is 18.9 Å². The van der Waals surface area contributed by atoms with Gasteiger partial charge in [0.1, 0.15) is 5.78 Å². The second-order valence-corrected chi connectivity index (χ2v) is 4.92. The van der Waals surface area contributed by atoms with Crippen molar-refractivity contribution in [2.45, 2.75) is 51.5 Å². The topological polar surface area (TPSA) is 60.2 Å². The zero-order chi connectivity index (χ0) is 14.3. The van der Waals surface area contributed by atoms with Gasteiger partial charge in [0.15, 0.2) is 0 Å². The maximum atomic E-state index is 11.4. The Kier molecular flexibility index (Phi) is 6.19. The van der Waals surface area contributed by atoms with Crippen LogP contribution < -0.4 is 0 Å². The molecule has 1 aromatic rings. The van der Waals surface area contributed by atoms with Gasteiger partial charge in [0.2, 0.25) is 6.04 Å². The fourth-order valence-corrected chi connectivity index (χ4v) is 2.35. The van der Waals surface area contributed by atoms with E-state index < -0.39 is 6.04 Å². The number of benzene rings is 1. The monoisotopic (exact) mass is 263 g/mol. The van der Waals surface area contributed by atoms with Gasteiger partial charge >= 0.3 is 0 Å². The Hall–Kier alpha value is -1.71. The van der Waals surface area contributed by atoms with Crippen molar-refractivity contribution >= 4 is 5.78 Å². The summed E-state index contributed by atoms with van der Waals surface area (Å²) in [5.74, 6) is -0.322. The van der Waals surface area contributed by atoms with Crippen molar-refractivity contribution in [3.05, 3.63) is 46.0 Å². The van der Waals surface area contributed by atoms with Crippen LogP contribution in [0, 0.1) is 10.1 Å². The van der Waals surface area contributed by atoms with Crippen molar-refractivity contribution in [2.24, 2.45) is 0 Å². The highest BCUT2D eigenvalue weighted by atomic mass is 16.6. The molecule has 2 atom stereocenters. The molecule has 0 saturated carbocycles. The number of carbonyl (C=O) groups excluding carboxylic acids is 1. The van der Waals surface area contributed by atoms with E-state index in [1.807, 2.05) is 37.3 Å². The van der Waals surface area contributed by atoms with Gasteiger partial charge in [0.25, 0.3) is 0 Å².